The number of aromatic nitrogens is 2. The monoisotopic (exact) mass is 330 g/mol. The SMILES string of the molecule is CNCCC1CCN(Cc2cc(=O)n(C)c(=O)n2C)CC1.Cl. The number of halogens is 1. The molecule has 0 aromatic carbocycles. The van der Waals surface area contributed by atoms with Crippen molar-refractivity contribution in [3.63, 3.8) is 0 Å². The lowest BCUT2D eigenvalue weighted by molar-refractivity contribution is 0.168. The van der Waals surface area contributed by atoms with Crippen LogP contribution in [0.5, 0.6) is 0 Å². The first-order valence-electron chi connectivity index (χ1n) is 7.65. The highest BCUT2D eigenvalue weighted by molar-refractivity contribution is 5.85. The van der Waals surface area contributed by atoms with Crippen LogP contribution in [0.1, 0.15) is 25.0 Å². The normalized spacial score (nSPS) is 16.5. The van der Waals surface area contributed by atoms with E-state index in [2.05, 4.69) is 10.2 Å². The quantitative estimate of drug-likeness (QED) is 0.845. The third kappa shape index (κ3) is 4.44. The molecule has 1 aliphatic heterocycles. The Balaban J connectivity index is 0.00000242. The van der Waals surface area contributed by atoms with E-state index in [0.717, 1.165) is 35.8 Å². The van der Waals surface area contributed by atoms with E-state index >= 15 is 0 Å². The molecule has 0 amide bonds. The van der Waals surface area contributed by atoms with Crippen LogP contribution >= 0.6 is 12.4 Å². The van der Waals surface area contributed by atoms with Crippen LogP contribution in [0.3, 0.4) is 0 Å². The Bertz CT molecular complexity index is 588. The van der Waals surface area contributed by atoms with Gasteiger partial charge in [-0.1, -0.05) is 0 Å². The molecule has 0 radical (unpaired) electrons. The van der Waals surface area contributed by atoms with Gasteiger partial charge in [0.05, 0.1) is 0 Å². The number of likely N-dealkylation sites (tertiary alicyclic amines) is 1. The Labute approximate surface area is 137 Å². The van der Waals surface area contributed by atoms with Gasteiger partial charge in [-0.25, -0.2) is 4.79 Å². The van der Waals surface area contributed by atoms with Crippen molar-refractivity contribution in [1.29, 1.82) is 0 Å². The zero-order valence-corrected chi connectivity index (χ0v) is 14.5. The molecule has 1 N–H and O–H groups in total. The van der Waals surface area contributed by atoms with Crippen LogP contribution in [-0.4, -0.2) is 40.7 Å². The predicted molar refractivity (Wildman–Crippen MR) is 90.7 cm³/mol. The zero-order valence-electron chi connectivity index (χ0n) is 13.7. The predicted octanol–water partition coefficient (Wildman–Crippen LogP) is 0.327. The molecule has 1 fully saturated rings. The average Bonchev–Trinajstić information content (AvgIpc) is 2.50. The van der Waals surface area contributed by atoms with Crippen LogP contribution in [0.2, 0.25) is 0 Å². The maximum absolute atomic E-state index is 11.9. The minimum atomic E-state index is -0.249. The van der Waals surface area contributed by atoms with E-state index in [1.807, 2.05) is 7.05 Å². The molecule has 6 nitrogen and oxygen atoms in total. The Morgan fingerprint density at radius 2 is 1.82 bits per heavy atom. The van der Waals surface area contributed by atoms with Gasteiger partial charge in [-0.2, -0.15) is 0 Å². The fourth-order valence-corrected chi connectivity index (χ4v) is 2.94. The van der Waals surface area contributed by atoms with Crippen molar-refractivity contribution in [3.8, 4) is 0 Å². The second kappa shape index (κ2) is 8.50. The maximum Gasteiger partial charge on any atom is 0.330 e. The third-order valence-corrected chi connectivity index (χ3v) is 4.52. The average molecular weight is 331 g/mol. The summed E-state index contributed by atoms with van der Waals surface area (Å²) in [6.45, 7) is 3.84. The topological polar surface area (TPSA) is 59.3 Å². The molecule has 7 heteroatoms. The van der Waals surface area contributed by atoms with E-state index in [0.29, 0.717) is 6.54 Å². The van der Waals surface area contributed by atoms with Crippen LogP contribution in [0, 0.1) is 5.92 Å². The molecule has 2 rings (SSSR count). The van der Waals surface area contributed by atoms with Gasteiger partial charge in [-0.05, 0) is 51.9 Å². The Morgan fingerprint density at radius 1 is 1.18 bits per heavy atom. The van der Waals surface area contributed by atoms with Crippen molar-refractivity contribution in [3.05, 3.63) is 32.6 Å². The summed E-state index contributed by atoms with van der Waals surface area (Å²) >= 11 is 0. The van der Waals surface area contributed by atoms with E-state index in [9.17, 15) is 9.59 Å². The van der Waals surface area contributed by atoms with Crippen molar-refractivity contribution in [1.82, 2.24) is 19.4 Å². The van der Waals surface area contributed by atoms with E-state index in [4.69, 9.17) is 0 Å². The summed E-state index contributed by atoms with van der Waals surface area (Å²) in [6.07, 6.45) is 3.62. The van der Waals surface area contributed by atoms with Crippen molar-refractivity contribution in [2.45, 2.75) is 25.8 Å². The zero-order chi connectivity index (χ0) is 15.4. The summed E-state index contributed by atoms with van der Waals surface area (Å²) in [6, 6.07) is 1.58. The van der Waals surface area contributed by atoms with Gasteiger partial charge >= 0.3 is 5.69 Å². The summed E-state index contributed by atoms with van der Waals surface area (Å²) in [5, 5.41) is 3.20. The third-order valence-electron chi connectivity index (χ3n) is 4.52. The van der Waals surface area contributed by atoms with Crippen LogP contribution < -0.4 is 16.6 Å². The van der Waals surface area contributed by atoms with E-state index in [1.165, 1.54) is 26.3 Å². The van der Waals surface area contributed by atoms with Gasteiger partial charge in [-0.3, -0.25) is 18.8 Å². The summed E-state index contributed by atoms with van der Waals surface area (Å²) in [5.74, 6) is 0.793. The molecule has 0 unspecified atom stereocenters. The summed E-state index contributed by atoms with van der Waals surface area (Å²) in [4.78, 5) is 26.0. The number of hydrogen-bond acceptors (Lipinski definition) is 4. The lowest BCUT2D eigenvalue weighted by atomic mass is 9.93. The fourth-order valence-electron chi connectivity index (χ4n) is 2.94. The number of nitrogens with zero attached hydrogens (tertiary/aromatic N) is 3. The summed E-state index contributed by atoms with van der Waals surface area (Å²) in [7, 11) is 5.24. The minimum absolute atomic E-state index is 0. The van der Waals surface area contributed by atoms with Gasteiger partial charge in [-0.15, -0.1) is 12.4 Å². The Morgan fingerprint density at radius 3 is 2.41 bits per heavy atom. The van der Waals surface area contributed by atoms with Gasteiger partial charge in [0.25, 0.3) is 5.56 Å². The molecule has 0 aliphatic carbocycles. The van der Waals surface area contributed by atoms with Crippen molar-refractivity contribution < 1.29 is 0 Å². The first-order chi connectivity index (χ1) is 10.0. The van der Waals surface area contributed by atoms with Gasteiger partial charge < -0.3 is 5.32 Å². The molecule has 0 atom stereocenters. The molecule has 0 spiro atoms. The standard InChI is InChI=1S/C15H26N4O2.ClH/c1-16-7-4-12-5-8-19(9-6-12)11-13-10-14(20)18(3)15(21)17(13)2;/h10,12,16H,4-9,11H2,1-3H3;1H. The second-order valence-electron chi connectivity index (χ2n) is 5.99. The molecule has 1 aromatic rings. The summed E-state index contributed by atoms with van der Waals surface area (Å²) in [5.41, 5.74) is 0.329. The van der Waals surface area contributed by atoms with Crippen LogP contribution in [0.4, 0.5) is 0 Å². The van der Waals surface area contributed by atoms with Gasteiger partial charge in [0.1, 0.15) is 0 Å². The fraction of sp³-hybridized carbons (Fsp3) is 0.733. The van der Waals surface area contributed by atoms with E-state index < -0.39 is 0 Å². The molecule has 1 aliphatic rings. The highest BCUT2D eigenvalue weighted by Gasteiger charge is 2.19. The Kier molecular flexibility index (Phi) is 7.32. The second-order valence-corrected chi connectivity index (χ2v) is 5.99. The molecule has 0 bridgehead atoms. The van der Waals surface area contributed by atoms with Crippen molar-refractivity contribution >= 4 is 12.4 Å². The van der Waals surface area contributed by atoms with Crippen LogP contribution in [0.15, 0.2) is 15.7 Å². The first-order valence-corrected chi connectivity index (χ1v) is 7.65. The Hall–Kier alpha value is -1.11. The lowest BCUT2D eigenvalue weighted by Gasteiger charge is -2.32. The smallest absolute Gasteiger partial charge is 0.320 e. The summed E-state index contributed by atoms with van der Waals surface area (Å²) < 4.78 is 2.72. The molecular formula is C15H27ClN4O2. The van der Waals surface area contributed by atoms with Gasteiger partial charge in [0.2, 0.25) is 0 Å². The van der Waals surface area contributed by atoms with Crippen molar-refractivity contribution in [2.75, 3.05) is 26.7 Å². The van der Waals surface area contributed by atoms with Crippen LogP contribution in [0.25, 0.3) is 0 Å². The first kappa shape index (κ1) is 18.9. The molecule has 126 valence electrons. The molecule has 1 saturated heterocycles. The molecule has 22 heavy (non-hydrogen) atoms. The largest absolute Gasteiger partial charge is 0.330 e. The highest BCUT2D eigenvalue weighted by Crippen LogP contribution is 2.20. The van der Waals surface area contributed by atoms with Crippen LogP contribution in [-0.2, 0) is 20.6 Å². The number of rotatable bonds is 5. The number of nitrogens with one attached hydrogen (secondary N) is 1. The van der Waals surface area contributed by atoms with Crippen molar-refractivity contribution in [2.24, 2.45) is 20.0 Å². The number of piperidine rings is 1. The van der Waals surface area contributed by atoms with Gasteiger partial charge in [0.15, 0.2) is 0 Å². The maximum atomic E-state index is 11.9. The van der Waals surface area contributed by atoms with E-state index in [-0.39, 0.29) is 23.7 Å². The lowest BCUT2D eigenvalue weighted by Crippen LogP contribution is -2.41. The van der Waals surface area contributed by atoms with Gasteiger partial charge in [0, 0.05) is 32.4 Å². The van der Waals surface area contributed by atoms with E-state index in [1.54, 1.807) is 17.7 Å². The molecule has 2 heterocycles. The molecule has 1 aromatic heterocycles. The number of hydrogen-bond donors (Lipinski definition) is 1. The molecular weight excluding hydrogens is 304 g/mol. The molecule has 0 saturated carbocycles. The minimum Gasteiger partial charge on any atom is -0.320 e. The highest BCUT2D eigenvalue weighted by atomic mass is 35.5.